The summed E-state index contributed by atoms with van der Waals surface area (Å²) in [7, 11) is 0. The number of nitrogens with one attached hydrogen (secondary N) is 3. The van der Waals surface area contributed by atoms with Gasteiger partial charge in [-0.2, -0.15) is 0 Å². The number of rotatable bonds is 4. The molecule has 132 valence electrons. The van der Waals surface area contributed by atoms with Crippen LogP contribution in [0.2, 0.25) is 0 Å². The molecule has 0 aliphatic carbocycles. The Bertz CT molecular complexity index is 628. The lowest BCUT2D eigenvalue weighted by molar-refractivity contribution is -0.116. The third kappa shape index (κ3) is 5.00. The van der Waals surface area contributed by atoms with Crippen molar-refractivity contribution >= 4 is 23.4 Å². The van der Waals surface area contributed by atoms with Gasteiger partial charge in [0.1, 0.15) is 17.9 Å². The van der Waals surface area contributed by atoms with Crippen LogP contribution in [0, 0.1) is 5.82 Å². The van der Waals surface area contributed by atoms with Gasteiger partial charge < -0.3 is 25.4 Å². The molecular weight excluding hydrogens is 317 g/mol. The van der Waals surface area contributed by atoms with E-state index in [1.54, 1.807) is 20.8 Å². The fourth-order valence-corrected chi connectivity index (χ4v) is 2.11. The number of ether oxygens (including phenoxy) is 2. The summed E-state index contributed by atoms with van der Waals surface area (Å²) in [5, 5.41) is 8.19. The van der Waals surface area contributed by atoms with E-state index in [9.17, 15) is 14.0 Å². The zero-order valence-electron chi connectivity index (χ0n) is 14.0. The molecule has 0 radical (unpaired) electrons. The molecule has 1 aliphatic rings. The molecule has 3 N–H and O–H groups in total. The Morgan fingerprint density at radius 1 is 1.38 bits per heavy atom. The van der Waals surface area contributed by atoms with E-state index >= 15 is 0 Å². The molecule has 1 aliphatic heterocycles. The maximum atomic E-state index is 13.7. The second-order valence-electron chi connectivity index (χ2n) is 6.30. The third-order valence-corrected chi connectivity index (χ3v) is 3.05. The zero-order chi connectivity index (χ0) is 17.7. The van der Waals surface area contributed by atoms with Crippen LogP contribution in [-0.4, -0.2) is 37.3 Å². The van der Waals surface area contributed by atoms with Gasteiger partial charge in [0, 0.05) is 19.5 Å². The van der Waals surface area contributed by atoms with E-state index in [4.69, 9.17) is 9.47 Å². The summed E-state index contributed by atoms with van der Waals surface area (Å²) >= 11 is 0. The average Bonchev–Trinajstić information content (AvgIpc) is 2.48. The molecular formula is C16H22FN3O4. The average molecular weight is 339 g/mol. The van der Waals surface area contributed by atoms with Crippen LogP contribution in [0.5, 0.6) is 5.75 Å². The summed E-state index contributed by atoms with van der Waals surface area (Å²) in [6.45, 7) is 6.29. The summed E-state index contributed by atoms with van der Waals surface area (Å²) in [6.07, 6.45) is -0.517. The third-order valence-electron chi connectivity index (χ3n) is 3.05. The quantitative estimate of drug-likeness (QED) is 0.784. The van der Waals surface area contributed by atoms with Crippen molar-refractivity contribution in [3.63, 3.8) is 0 Å². The van der Waals surface area contributed by atoms with Crippen molar-refractivity contribution in [3.05, 3.63) is 17.9 Å². The number of benzene rings is 1. The summed E-state index contributed by atoms with van der Waals surface area (Å²) < 4.78 is 24.0. The maximum absolute atomic E-state index is 13.7. The van der Waals surface area contributed by atoms with Crippen molar-refractivity contribution in [3.8, 4) is 5.75 Å². The van der Waals surface area contributed by atoms with Crippen LogP contribution in [0.15, 0.2) is 12.1 Å². The zero-order valence-corrected chi connectivity index (χ0v) is 14.0. The van der Waals surface area contributed by atoms with Gasteiger partial charge in [0.2, 0.25) is 5.91 Å². The van der Waals surface area contributed by atoms with Gasteiger partial charge in [-0.1, -0.05) is 0 Å². The van der Waals surface area contributed by atoms with E-state index in [0.717, 1.165) is 0 Å². The van der Waals surface area contributed by atoms with Gasteiger partial charge in [0.15, 0.2) is 11.6 Å². The highest BCUT2D eigenvalue weighted by Crippen LogP contribution is 2.37. The molecule has 1 aromatic carbocycles. The molecule has 1 aromatic rings. The fourth-order valence-electron chi connectivity index (χ4n) is 2.11. The lowest BCUT2D eigenvalue weighted by Gasteiger charge is -2.22. The molecule has 0 unspecified atom stereocenters. The van der Waals surface area contributed by atoms with Gasteiger partial charge in [0.05, 0.1) is 5.69 Å². The van der Waals surface area contributed by atoms with Crippen molar-refractivity contribution in [2.45, 2.75) is 32.8 Å². The molecule has 0 atom stereocenters. The normalized spacial score (nSPS) is 13.2. The summed E-state index contributed by atoms with van der Waals surface area (Å²) in [5.41, 5.74) is 0.272. The molecule has 0 bridgehead atoms. The standard InChI is InChI=1S/C16H22FN3O4/c1-16(2,3)24-15(22)19-7-6-12(21)20-11-5-4-10(17)14-13(11)18-8-9-23-14/h4-5,18H,6-9H2,1-3H3,(H,19,22)(H,20,21). The highest BCUT2D eigenvalue weighted by Gasteiger charge is 2.20. The van der Waals surface area contributed by atoms with Gasteiger partial charge in [0.25, 0.3) is 0 Å². The Kier molecular flexibility index (Phi) is 5.48. The maximum Gasteiger partial charge on any atom is 0.407 e. The van der Waals surface area contributed by atoms with E-state index in [-0.39, 0.29) is 24.6 Å². The molecule has 0 saturated heterocycles. The van der Waals surface area contributed by atoms with Crippen LogP contribution in [0.4, 0.5) is 20.6 Å². The number of anilines is 2. The smallest absolute Gasteiger partial charge is 0.407 e. The summed E-state index contributed by atoms with van der Waals surface area (Å²) in [6, 6.07) is 2.70. The second kappa shape index (κ2) is 7.37. The SMILES string of the molecule is CC(C)(C)OC(=O)NCCC(=O)Nc1ccc(F)c2c1NCCO2. The van der Waals surface area contributed by atoms with Crippen molar-refractivity contribution in [2.75, 3.05) is 30.3 Å². The molecule has 2 amide bonds. The van der Waals surface area contributed by atoms with E-state index in [2.05, 4.69) is 16.0 Å². The van der Waals surface area contributed by atoms with E-state index in [1.165, 1.54) is 12.1 Å². The highest BCUT2D eigenvalue weighted by molar-refractivity contribution is 5.95. The minimum Gasteiger partial charge on any atom is -0.486 e. The van der Waals surface area contributed by atoms with Gasteiger partial charge in [-0.3, -0.25) is 4.79 Å². The van der Waals surface area contributed by atoms with E-state index < -0.39 is 17.5 Å². The van der Waals surface area contributed by atoms with Crippen LogP contribution < -0.4 is 20.7 Å². The number of fused-ring (bicyclic) bond motifs is 1. The lowest BCUT2D eigenvalue weighted by Crippen LogP contribution is -2.34. The number of halogens is 1. The van der Waals surface area contributed by atoms with Crippen molar-refractivity contribution in [1.82, 2.24) is 5.32 Å². The minimum absolute atomic E-state index is 0.0618. The highest BCUT2D eigenvalue weighted by atomic mass is 19.1. The fraction of sp³-hybridized carbons (Fsp3) is 0.500. The first-order valence-electron chi connectivity index (χ1n) is 7.72. The van der Waals surface area contributed by atoms with Gasteiger partial charge in [-0.15, -0.1) is 0 Å². The molecule has 0 spiro atoms. The van der Waals surface area contributed by atoms with E-state index in [0.29, 0.717) is 24.5 Å². The molecule has 8 heteroatoms. The number of carbonyl (C=O) groups is 2. The van der Waals surface area contributed by atoms with Crippen LogP contribution in [0.1, 0.15) is 27.2 Å². The number of hydrogen-bond acceptors (Lipinski definition) is 5. The van der Waals surface area contributed by atoms with Crippen molar-refractivity contribution in [2.24, 2.45) is 0 Å². The Morgan fingerprint density at radius 2 is 2.12 bits per heavy atom. The van der Waals surface area contributed by atoms with Gasteiger partial charge >= 0.3 is 6.09 Å². The second-order valence-corrected chi connectivity index (χ2v) is 6.30. The van der Waals surface area contributed by atoms with Gasteiger partial charge in [-0.05, 0) is 32.9 Å². The predicted octanol–water partition coefficient (Wildman–Crippen LogP) is 2.48. The molecule has 24 heavy (non-hydrogen) atoms. The molecule has 0 saturated carbocycles. The molecule has 0 aromatic heterocycles. The number of hydrogen-bond donors (Lipinski definition) is 3. The first-order chi connectivity index (χ1) is 11.3. The lowest BCUT2D eigenvalue weighted by atomic mass is 10.2. The Labute approximate surface area is 139 Å². The van der Waals surface area contributed by atoms with Crippen LogP contribution >= 0.6 is 0 Å². The Hall–Kier alpha value is -2.51. The monoisotopic (exact) mass is 339 g/mol. The number of amides is 2. The molecule has 1 heterocycles. The first-order valence-corrected chi connectivity index (χ1v) is 7.72. The largest absolute Gasteiger partial charge is 0.486 e. The predicted molar refractivity (Wildman–Crippen MR) is 87.9 cm³/mol. The molecule has 0 fully saturated rings. The summed E-state index contributed by atoms with van der Waals surface area (Å²) in [5.74, 6) is -0.694. The van der Waals surface area contributed by atoms with Gasteiger partial charge in [-0.25, -0.2) is 9.18 Å². The Morgan fingerprint density at radius 3 is 2.83 bits per heavy atom. The molecule has 2 rings (SSSR count). The number of alkyl carbamates (subject to hydrolysis) is 1. The number of carbonyl (C=O) groups excluding carboxylic acids is 2. The van der Waals surface area contributed by atoms with Crippen LogP contribution in [0.3, 0.4) is 0 Å². The first kappa shape index (κ1) is 17.8. The topological polar surface area (TPSA) is 88.7 Å². The van der Waals surface area contributed by atoms with Crippen molar-refractivity contribution in [1.29, 1.82) is 0 Å². The minimum atomic E-state index is -0.592. The van der Waals surface area contributed by atoms with Crippen LogP contribution in [-0.2, 0) is 9.53 Å². The van der Waals surface area contributed by atoms with Crippen molar-refractivity contribution < 1.29 is 23.5 Å². The molecule has 7 nitrogen and oxygen atoms in total. The summed E-state index contributed by atoms with van der Waals surface area (Å²) in [4.78, 5) is 23.5. The Balaban J connectivity index is 1.86. The van der Waals surface area contributed by atoms with Crippen LogP contribution in [0.25, 0.3) is 0 Å². The van der Waals surface area contributed by atoms with E-state index in [1.807, 2.05) is 0 Å².